The van der Waals surface area contributed by atoms with Crippen molar-refractivity contribution >= 4 is 33.8 Å². The maximum Gasteiger partial charge on any atom is 0.262 e. The SMILES string of the molecule is O=C(/C=C/c1cccc2ccccc12)Nn1cnc2ccccc21. The molecule has 0 saturated heterocycles. The van der Waals surface area contributed by atoms with E-state index < -0.39 is 0 Å². The average molecular weight is 313 g/mol. The van der Waals surface area contributed by atoms with Gasteiger partial charge in [-0.2, -0.15) is 0 Å². The zero-order chi connectivity index (χ0) is 16.4. The van der Waals surface area contributed by atoms with Gasteiger partial charge in [0.25, 0.3) is 5.91 Å². The van der Waals surface area contributed by atoms with Crippen LogP contribution in [0.3, 0.4) is 0 Å². The first-order chi connectivity index (χ1) is 11.8. The second kappa shape index (κ2) is 6.01. The number of hydrogen-bond acceptors (Lipinski definition) is 2. The minimum atomic E-state index is -0.203. The normalized spacial score (nSPS) is 11.3. The third-order valence-electron chi connectivity index (χ3n) is 3.92. The molecule has 0 aliphatic carbocycles. The van der Waals surface area contributed by atoms with E-state index in [-0.39, 0.29) is 5.91 Å². The third kappa shape index (κ3) is 2.65. The monoisotopic (exact) mass is 313 g/mol. The fraction of sp³-hybridized carbons (Fsp3) is 0. The van der Waals surface area contributed by atoms with Gasteiger partial charge in [0.15, 0.2) is 0 Å². The standard InChI is InChI=1S/C20H15N3O/c24-20(22-23-14-21-18-10-3-4-11-19(18)23)13-12-16-8-5-7-15-6-1-2-9-17(15)16/h1-14H,(H,22,24)/b13-12+. The summed E-state index contributed by atoms with van der Waals surface area (Å²) in [6.45, 7) is 0. The summed E-state index contributed by atoms with van der Waals surface area (Å²) in [4.78, 5) is 16.5. The van der Waals surface area contributed by atoms with Crippen LogP contribution in [-0.4, -0.2) is 15.6 Å². The van der Waals surface area contributed by atoms with E-state index in [0.717, 1.165) is 27.4 Å². The number of para-hydroxylation sites is 2. The summed E-state index contributed by atoms with van der Waals surface area (Å²) in [5, 5.41) is 2.28. The van der Waals surface area contributed by atoms with Gasteiger partial charge in [0.2, 0.25) is 0 Å². The van der Waals surface area contributed by atoms with Gasteiger partial charge < -0.3 is 0 Å². The highest BCUT2D eigenvalue weighted by molar-refractivity contribution is 6.00. The Hall–Kier alpha value is -3.40. The van der Waals surface area contributed by atoms with Crippen LogP contribution in [0, 0.1) is 0 Å². The molecule has 0 aliphatic heterocycles. The van der Waals surface area contributed by atoms with E-state index in [0.29, 0.717) is 0 Å². The summed E-state index contributed by atoms with van der Waals surface area (Å²) >= 11 is 0. The Morgan fingerprint density at radius 1 is 0.958 bits per heavy atom. The zero-order valence-corrected chi connectivity index (χ0v) is 12.9. The first-order valence-corrected chi connectivity index (χ1v) is 7.70. The minimum absolute atomic E-state index is 0.203. The summed E-state index contributed by atoms with van der Waals surface area (Å²) < 4.78 is 1.63. The van der Waals surface area contributed by atoms with E-state index in [1.807, 2.05) is 54.6 Å². The fourth-order valence-corrected chi connectivity index (χ4v) is 2.77. The van der Waals surface area contributed by atoms with Gasteiger partial charge in [-0.3, -0.25) is 10.2 Å². The van der Waals surface area contributed by atoms with Crippen LogP contribution in [0.15, 0.2) is 79.1 Å². The Balaban J connectivity index is 1.58. The maximum atomic E-state index is 12.2. The summed E-state index contributed by atoms with van der Waals surface area (Å²) in [7, 11) is 0. The molecule has 1 aromatic heterocycles. The van der Waals surface area contributed by atoms with Crippen LogP contribution in [-0.2, 0) is 4.79 Å². The molecule has 1 N–H and O–H groups in total. The van der Waals surface area contributed by atoms with Crippen molar-refractivity contribution in [3.05, 3.63) is 84.7 Å². The third-order valence-corrected chi connectivity index (χ3v) is 3.92. The number of nitrogens with zero attached hydrogens (tertiary/aromatic N) is 2. The highest BCUT2D eigenvalue weighted by atomic mass is 16.2. The number of imidazole rings is 1. The molecule has 0 unspecified atom stereocenters. The van der Waals surface area contributed by atoms with Crippen molar-refractivity contribution in [2.24, 2.45) is 0 Å². The molecule has 0 spiro atoms. The van der Waals surface area contributed by atoms with Crippen LogP contribution in [0.25, 0.3) is 27.9 Å². The van der Waals surface area contributed by atoms with E-state index in [1.54, 1.807) is 11.0 Å². The number of carbonyl (C=O) groups excluding carboxylic acids is 1. The molecule has 0 bridgehead atoms. The largest absolute Gasteiger partial charge is 0.268 e. The predicted molar refractivity (Wildman–Crippen MR) is 97.1 cm³/mol. The molecule has 0 radical (unpaired) electrons. The first kappa shape index (κ1) is 14.2. The lowest BCUT2D eigenvalue weighted by Gasteiger charge is -2.04. The van der Waals surface area contributed by atoms with Crippen molar-refractivity contribution in [1.29, 1.82) is 0 Å². The van der Waals surface area contributed by atoms with Crippen molar-refractivity contribution in [3.63, 3.8) is 0 Å². The average Bonchev–Trinajstić information content (AvgIpc) is 3.03. The zero-order valence-electron chi connectivity index (χ0n) is 12.9. The lowest BCUT2D eigenvalue weighted by molar-refractivity contribution is -0.112. The van der Waals surface area contributed by atoms with Gasteiger partial charge in [0.1, 0.15) is 6.33 Å². The number of fused-ring (bicyclic) bond motifs is 2. The van der Waals surface area contributed by atoms with Crippen LogP contribution in [0.2, 0.25) is 0 Å². The van der Waals surface area contributed by atoms with Crippen LogP contribution in [0.1, 0.15) is 5.56 Å². The Labute approximate surface area is 139 Å². The Morgan fingerprint density at radius 3 is 2.71 bits per heavy atom. The Bertz CT molecular complexity index is 1060. The first-order valence-electron chi connectivity index (χ1n) is 7.70. The number of aromatic nitrogens is 2. The molecule has 0 aliphatic rings. The van der Waals surface area contributed by atoms with Gasteiger partial charge in [-0.15, -0.1) is 0 Å². The molecule has 1 heterocycles. The molecule has 1 amide bonds. The second-order valence-corrected chi connectivity index (χ2v) is 5.48. The van der Waals surface area contributed by atoms with E-state index in [9.17, 15) is 4.79 Å². The van der Waals surface area contributed by atoms with E-state index in [4.69, 9.17) is 0 Å². The van der Waals surface area contributed by atoms with Crippen LogP contribution in [0.4, 0.5) is 0 Å². The van der Waals surface area contributed by atoms with Crippen LogP contribution >= 0.6 is 0 Å². The van der Waals surface area contributed by atoms with Gasteiger partial charge in [0, 0.05) is 6.08 Å². The number of benzene rings is 3. The molecule has 116 valence electrons. The van der Waals surface area contributed by atoms with Gasteiger partial charge >= 0.3 is 0 Å². The Kier molecular flexibility index (Phi) is 3.56. The van der Waals surface area contributed by atoms with Crippen LogP contribution < -0.4 is 5.43 Å². The van der Waals surface area contributed by atoms with Gasteiger partial charge in [-0.05, 0) is 34.5 Å². The molecule has 3 aromatic carbocycles. The van der Waals surface area contributed by atoms with E-state index in [2.05, 4.69) is 28.6 Å². The van der Waals surface area contributed by atoms with Crippen molar-refractivity contribution < 1.29 is 4.79 Å². The lowest BCUT2D eigenvalue weighted by atomic mass is 10.0. The molecule has 4 heteroatoms. The molecule has 4 aromatic rings. The van der Waals surface area contributed by atoms with Gasteiger partial charge in [-0.25, -0.2) is 9.66 Å². The van der Waals surface area contributed by atoms with Crippen LogP contribution in [0.5, 0.6) is 0 Å². The molecule has 0 saturated carbocycles. The maximum absolute atomic E-state index is 12.2. The summed E-state index contributed by atoms with van der Waals surface area (Å²) in [6.07, 6.45) is 4.97. The topological polar surface area (TPSA) is 46.9 Å². The number of nitrogens with one attached hydrogen (secondary N) is 1. The highest BCUT2D eigenvalue weighted by Crippen LogP contribution is 2.19. The van der Waals surface area contributed by atoms with Crippen molar-refractivity contribution in [3.8, 4) is 0 Å². The molecule has 4 rings (SSSR count). The van der Waals surface area contributed by atoms with Crippen molar-refractivity contribution in [2.45, 2.75) is 0 Å². The van der Waals surface area contributed by atoms with E-state index in [1.165, 1.54) is 6.08 Å². The van der Waals surface area contributed by atoms with Crippen molar-refractivity contribution in [2.75, 3.05) is 5.43 Å². The number of amides is 1. The second-order valence-electron chi connectivity index (χ2n) is 5.48. The number of rotatable bonds is 3. The summed E-state index contributed by atoms with van der Waals surface area (Å²) in [6, 6.07) is 21.8. The molecule has 4 nitrogen and oxygen atoms in total. The Morgan fingerprint density at radius 2 is 1.75 bits per heavy atom. The summed E-state index contributed by atoms with van der Waals surface area (Å²) in [5.41, 5.74) is 5.53. The minimum Gasteiger partial charge on any atom is -0.268 e. The highest BCUT2D eigenvalue weighted by Gasteiger charge is 2.03. The molecule has 24 heavy (non-hydrogen) atoms. The molecular formula is C20H15N3O. The van der Waals surface area contributed by atoms with E-state index >= 15 is 0 Å². The van der Waals surface area contributed by atoms with Gasteiger partial charge in [-0.1, -0.05) is 54.6 Å². The van der Waals surface area contributed by atoms with Crippen molar-refractivity contribution in [1.82, 2.24) is 9.66 Å². The fourth-order valence-electron chi connectivity index (χ4n) is 2.77. The lowest BCUT2D eigenvalue weighted by Crippen LogP contribution is -2.19. The molecular weight excluding hydrogens is 298 g/mol. The smallest absolute Gasteiger partial charge is 0.262 e. The number of carbonyl (C=O) groups is 1. The summed E-state index contributed by atoms with van der Waals surface area (Å²) in [5.74, 6) is -0.203. The number of hydrogen-bond donors (Lipinski definition) is 1. The molecule has 0 fully saturated rings. The predicted octanol–water partition coefficient (Wildman–Crippen LogP) is 3.97. The quantitative estimate of drug-likeness (QED) is 0.582. The molecule has 0 atom stereocenters. The van der Waals surface area contributed by atoms with Gasteiger partial charge in [0.05, 0.1) is 11.0 Å².